The number of amides is 1. The number of hydrogen-bond donors (Lipinski definition) is 1. The zero-order chi connectivity index (χ0) is 19.6. The maximum absolute atomic E-state index is 12.7. The Balaban J connectivity index is 2.43. The van der Waals surface area contributed by atoms with E-state index in [-0.39, 0.29) is 21.5 Å². The molecular weight excluding hydrogens is 372 g/mol. The normalized spacial score (nSPS) is 11.8. The molecule has 0 unspecified atom stereocenters. The number of hydrogen-bond acceptors (Lipinski definition) is 3. The van der Waals surface area contributed by atoms with E-state index in [4.69, 9.17) is 11.6 Å². The molecule has 0 fully saturated rings. The van der Waals surface area contributed by atoms with Crippen LogP contribution in [0.2, 0.25) is 5.02 Å². The van der Waals surface area contributed by atoms with Crippen LogP contribution in [0.4, 0.5) is 5.69 Å². The number of halogens is 1. The zero-order valence-electron chi connectivity index (χ0n) is 15.5. The first-order chi connectivity index (χ1) is 12.1. The second kappa shape index (κ2) is 7.78. The Bertz CT molecular complexity index is 920. The molecule has 0 spiro atoms. The lowest BCUT2D eigenvalue weighted by Crippen LogP contribution is -2.33. The van der Waals surface area contributed by atoms with Crippen LogP contribution in [-0.2, 0) is 10.0 Å². The summed E-state index contributed by atoms with van der Waals surface area (Å²) in [6, 6.07) is 9.64. The van der Waals surface area contributed by atoms with Gasteiger partial charge in [0.05, 0.1) is 15.5 Å². The van der Waals surface area contributed by atoms with Crippen LogP contribution in [0.5, 0.6) is 0 Å². The van der Waals surface area contributed by atoms with Crippen molar-refractivity contribution < 1.29 is 13.2 Å². The van der Waals surface area contributed by atoms with Gasteiger partial charge in [0.2, 0.25) is 10.0 Å². The lowest BCUT2D eigenvalue weighted by Gasteiger charge is -2.21. The highest BCUT2D eigenvalue weighted by atomic mass is 35.5. The Morgan fingerprint density at radius 2 is 1.69 bits per heavy atom. The van der Waals surface area contributed by atoms with E-state index in [1.807, 2.05) is 32.0 Å². The molecule has 140 valence electrons. The Morgan fingerprint density at radius 3 is 2.23 bits per heavy atom. The van der Waals surface area contributed by atoms with Gasteiger partial charge in [-0.1, -0.05) is 29.8 Å². The van der Waals surface area contributed by atoms with Crippen LogP contribution >= 0.6 is 11.6 Å². The summed E-state index contributed by atoms with van der Waals surface area (Å²) in [5, 5.41) is 3.03. The van der Waals surface area contributed by atoms with Crippen molar-refractivity contribution in [2.45, 2.75) is 38.6 Å². The van der Waals surface area contributed by atoms with Gasteiger partial charge in [0.25, 0.3) is 5.91 Å². The largest absolute Gasteiger partial charge is 0.321 e. The minimum atomic E-state index is -3.71. The quantitative estimate of drug-likeness (QED) is 0.824. The maximum atomic E-state index is 12.7. The lowest BCUT2D eigenvalue weighted by atomic mass is 10.1. The van der Waals surface area contributed by atoms with Gasteiger partial charge in [-0.3, -0.25) is 4.79 Å². The van der Waals surface area contributed by atoms with Crippen molar-refractivity contribution in [1.82, 2.24) is 4.31 Å². The van der Waals surface area contributed by atoms with Crippen molar-refractivity contribution in [3.8, 4) is 0 Å². The van der Waals surface area contributed by atoms with Crippen molar-refractivity contribution in [2.24, 2.45) is 0 Å². The van der Waals surface area contributed by atoms with E-state index >= 15 is 0 Å². The Kier molecular flexibility index (Phi) is 6.11. The van der Waals surface area contributed by atoms with Gasteiger partial charge in [-0.2, -0.15) is 4.31 Å². The summed E-state index contributed by atoms with van der Waals surface area (Å²) in [6.07, 6.45) is 0. The fourth-order valence-electron chi connectivity index (χ4n) is 2.48. The van der Waals surface area contributed by atoms with E-state index in [0.29, 0.717) is 5.69 Å². The fraction of sp³-hybridized carbons (Fsp3) is 0.316. The average Bonchev–Trinajstić information content (AvgIpc) is 2.57. The molecule has 2 aromatic rings. The molecule has 0 aliphatic carbocycles. The number of anilines is 1. The first-order valence-corrected chi connectivity index (χ1v) is 10.0. The second-order valence-corrected chi connectivity index (χ2v) is 8.88. The Morgan fingerprint density at radius 1 is 1.12 bits per heavy atom. The smallest absolute Gasteiger partial charge is 0.257 e. The molecule has 1 amide bonds. The molecule has 2 aromatic carbocycles. The third-order valence-electron chi connectivity index (χ3n) is 4.31. The Labute approximate surface area is 160 Å². The minimum Gasteiger partial charge on any atom is -0.321 e. The second-order valence-electron chi connectivity index (χ2n) is 6.48. The van der Waals surface area contributed by atoms with E-state index in [1.54, 1.807) is 13.8 Å². The molecule has 5 nitrogen and oxygen atoms in total. The monoisotopic (exact) mass is 394 g/mol. The number of rotatable bonds is 5. The predicted molar refractivity (Wildman–Crippen MR) is 105 cm³/mol. The lowest BCUT2D eigenvalue weighted by molar-refractivity contribution is 0.102. The molecule has 0 heterocycles. The van der Waals surface area contributed by atoms with Crippen LogP contribution in [-0.4, -0.2) is 31.7 Å². The van der Waals surface area contributed by atoms with Gasteiger partial charge in [-0.05, 0) is 57.0 Å². The van der Waals surface area contributed by atoms with Crippen LogP contribution in [0, 0.1) is 13.8 Å². The molecule has 0 aromatic heterocycles. The molecule has 0 aliphatic rings. The third-order valence-corrected chi connectivity index (χ3v) is 6.67. The van der Waals surface area contributed by atoms with E-state index in [2.05, 4.69) is 5.32 Å². The summed E-state index contributed by atoms with van der Waals surface area (Å²) < 4.78 is 26.6. The number of aryl methyl sites for hydroxylation is 2. The highest BCUT2D eigenvalue weighted by Crippen LogP contribution is 2.26. The van der Waals surface area contributed by atoms with Crippen LogP contribution in [0.1, 0.15) is 35.3 Å². The zero-order valence-corrected chi connectivity index (χ0v) is 17.1. The van der Waals surface area contributed by atoms with Crippen molar-refractivity contribution >= 4 is 33.2 Å². The Hall–Kier alpha value is -1.89. The molecule has 1 N–H and O–H groups in total. The van der Waals surface area contributed by atoms with Crippen LogP contribution in [0.15, 0.2) is 41.3 Å². The van der Waals surface area contributed by atoms with Gasteiger partial charge in [0.15, 0.2) is 0 Å². The summed E-state index contributed by atoms with van der Waals surface area (Å²) in [5.74, 6) is -0.448. The highest BCUT2D eigenvalue weighted by Gasteiger charge is 2.25. The van der Waals surface area contributed by atoms with E-state index in [0.717, 1.165) is 11.1 Å². The number of nitrogens with zero attached hydrogens (tertiary/aromatic N) is 1. The number of para-hydroxylation sites is 1. The summed E-state index contributed by atoms with van der Waals surface area (Å²) >= 11 is 6.16. The van der Waals surface area contributed by atoms with Crippen LogP contribution in [0.25, 0.3) is 0 Å². The summed E-state index contributed by atoms with van der Waals surface area (Å²) in [6.45, 7) is 7.34. The molecule has 0 bridgehead atoms. The maximum Gasteiger partial charge on any atom is 0.257 e. The first-order valence-electron chi connectivity index (χ1n) is 8.21. The number of carbonyl (C=O) groups is 1. The molecule has 26 heavy (non-hydrogen) atoms. The van der Waals surface area contributed by atoms with Crippen LogP contribution in [0.3, 0.4) is 0 Å². The summed E-state index contributed by atoms with van der Waals surface area (Å²) in [4.78, 5) is 12.8. The first kappa shape index (κ1) is 20.4. The molecule has 0 saturated carbocycles. The molecule has 0 atom stereocenters. The van der Waals surface area contributed by atoms with Gasteiger partial charge < -0.3 is 5.32 Å². The van der Waals surface area contributed by atoms with Crippen molar-refractivity contribution in [1.29, 1.82) is 0 Å². The molecular formula is C19H23ClN2O3S. The molecule has 0 aliphatic heterocycles. The van der Waals surface area contributed by atoms with Crippen molar-refractivity contribution in [2.75, 3.05) is 12.4 Å². The summed E-state index contributed by atoms with van der Waals surface area (Å²) in [7, 11) is -2.20. The van der Waals surface area contributed by atoms with E-state index in [9.17, 15) is 13.2 Å². The number of nitrogens with one attached hydrogen (secondary N) is 1. The van der Waals surface area contributed by atoms with Crippen molar-refractivity contribution in [3.63, 3.8) is 0 Å². The fourth-order valence-corrected chi connectivity index (χ4v) is 4.07. The number of carbonyl (C=O) groups excluding carboxylic acids is 1. The van der Waals surface area contributed by atoms with E-state index in [1.165, 1.54) is 29.6 Å². The predicted octanol–water partition coefficient (Wildman–Crippen LogP) is 4.24. The minimum absolute atomic E-state index is 0.0322. The molecule has 2 rings (SSSR count). The van der Waals surface area contributed by atoms with Gasteiger partial charge >= 0.3 is 0 Å². The van der Waals surface area contributed by atoms with Gasteiger partial charge in [-0.15, -0.1) is 0 Å². The van der Waals surface area contributed by atoms with Gasteiger partial charge in [-0.25, -0.2) is 8.42 Å². The number of benzene rings is 2. The SMILES string of the molecule is Cc1cccc(C)c1NC(=O)c1cc(S(=O)(=O)N(C)C(C)C)ccc1Cl. The van der Waals surface area contributed by atoms with Gasteiger partial charge in [0, 0.05) is 18.8 Å². The third kappa shape index (κ3) is 4.09. The topological polar surface area (TPSA) is 66.5 Å². The average molecular weight is 395 g/mol. The molecule has 0 saturated heterocycles. The van der Waals surface area contributed by atoms with Gasteiger partial charge in [0.1, 0.15) is 0 Å². The molecule has 0 radical (unpaired) electrons. The highest BCUT2D eigenvalue weighted by molar-refractivity contribution is 7.89. The van der Waals surface area contributed by atoms with Crippen molar-refractivity contribution in [3.05, 3.63) is 58.1 Å². The number of sulfonamides is 1. The standard InChI is InChI=1S/C19H23ClN2O3S/c1-12(2)22(5)26(24,25)15-9-10-17(20)16(11-15)19(23)21-18-13(3)7-6-8-14(18)4/h6-12H,1-5H3,(H,21,23). The van der Waals surface area contributed by atoms with E-state index < -0.39 is 15.9 Å². The molecule has 7 heteroatoms. The summed E-state index contributed by atoms with van der Waals surface area (Å²) in [5.41, 5.74) is 2.64. The van der Waals surface area contributed by atoms with Crippen LogP contribution < -0.4 is 5.32 Å².